The van der Waals surface area contributed by atoms with E-state index in [0.717, 1.165) is 30.1 Å². The van der Waals surface area contributed by atoms with Crippen molar-refractivity contribution in [3.63, 3.8) is 0 Å². The Kier molecular flexibility index (Phi) is 8.47. The molecule has 6 rings (SSSR count). The van der Waals surface area contributed by atoms with Gasteiger partial charge >= 0.3 is 0 Å². The van der Waals surface area contributed by atoms with Crippen molar-refractivity contribution >= 4 is 23.6 Å². The Morgan fingerprint density at radius 2 is 1.88 bits per heavy atom. The van der Waals surface area contributed by atoms with Gasteiger partial charge in [0.15, 0.2) is 5.82 Å². The number of nitrogens with one attached hydrogen (secondary N) is 1. The second-order valence-electron chi connectivity index (χ2n) is 12.1. The molecule has 2 aromatic carbocycles. The summed E-state index contributed by atoms with van der Waals surface area (Å²) < 4.78 is 0. The molecule has 1 saturated heterocycles. The number of carbonyl (C=O) groups is 1. The summed E-state index contributed by atoms with van der Waals surface area (Å²) in [7, 11) is 0. The van der Waals surface area contributed by atoms with Crippen molar-refractivity contribution in [3.8, 4) is 11.3 Å². The zero-order chi connectivity index (χ0) is 29.9. The highest BCUT2D eigenvalue weighted by atomic mass is 16.3. The number of hydrogen-bond acceptors (Lipinski definition) is 7. The zero-order valence-corrected chi connectivity index (χ0v) is 25.1. The number of nitrogens with zero attached hydrogens (tertiary/aromatic N) is 5. The summed E-state index contributed by atoms with van der Waals surface area (Å²) in [6.07, 6.45) is 8.52. The summed E-state index contributed by atoms with van der Waals surface area (Å²) in [4.78, 5) is 29.4. The highest BCUT2D eigenvalue weighted by molar-refractivity contribution is 5.90. The number of likely N-dealkylation sites (tertiary alicyclic amines) is 1. The molecule has 1 amide bonds. The maximum absolute atomic E-state index is 11.3. The third kappa shape index (κ3) is 6.44. The molecule has 8 heteroatoms. The Hall–Kier alpha value is -4.17. The molecule has 8 nitrogen and oxygen atoms in total. The molecule has 2 heterocycles. The smallest absolute Gasteiger partial charge is 0.291 e. The number of piperidine rings is 1. The lowest BCUT2D eigenvalue weighted by Crippen LogP contribution is -2.34. The molecule has 2 fully saturated rings. The Balaban J connectivity index is 1.21. The third-order valence-corrected chi connectivity index (χ3v) is 9.05. The van der Waals surface area contributed by atoms with Gasteiger partial charge in [-0.3, -0.25) is 4.79 Å². The molecule has 0 spiro atoms. The van der Waals surface area contributed by atoms with Crippen molar-refractivity contribution in [2.24, 2.45) is 10.3 Å². The highest BCUT2D eigenvalue weighted by Crippen LogP contribution is 2.41. The van der Waals surface area contributed by atoms with Gasteiger partial charge in [0.25, 0.3) is 5.91 Å². The first-order valence-electron chi connectivity index (χ1n) is 15.5. The van der Waals surface area contributed by atoms with Crippen molar-refractivity contribution in [1.29, 1.82) is 0 Å². The van der Waals surface area contributed by atoms with Crippen LogP contribution in [0, 0.1) is 11.8 Å². The van der Waals surface area contributed by atoms with Gasteiger partial charge in [-0.1, -0.05) is 43.0 Å². The molecule has 1 aromatic heterocycles. The van der Waals surface area contributed by atoms with Crippen LogP contribution in [0.2, 0.25) is 0 Å². The Labute approximate surface area is 253 Å². The first kappa shape index (κ1) is 28.9. The standard InChI is InChI=1S/C35H40N6O2/c1-23(2)41(36-19-16-34(42)39-43)33-9-5-8-31(38-33)29-7-4-6-26-10-15-32(35(26)29)37-30-14-11-27(22-24(30)3)25-17-20-40(21-18-25)28-12-13-28/h4-9,11,14,19,22,25,28,32,37H,1,10,12-13,15-18,20-21H2,2-3H3/b36-19-. The molecule has 3 aromatic rings. The lowest BCUT2D eigenvalue weighted by molar-refractivity contribution is -0.116. The van der Waals surface area contributed by atoms with Gasteiger partial charge in [0.2, 0.25) is 0 Å². The van der Waals surface area contributed by atoms with Crippen LogP contribution in [-0.2, 0) is 11.2 Å². The Morgan fingerprint density at radius 3 is 2.60 bits per heavy atom. The van der Waals surface area contributed by atoms with Crippen LogP contribution in [0.15, 0.2) is 77.2 Å². The van der Waals surface area contributed by atoms with E-state index in [1.165, 1.54) is 72.9 Å². The summed E-state index contributed by atoms with van der Waals surface area (Å²) in [6.45, 7) is 10.5. The fraction of sp³-hybridized carbons (Fsp3) is 0.400. The lowest BCUT2D eigenvalue weighted by atomic mass is 9.88. The Bertz CT molecular complexity index is 1550. The van der Waals surface area contributed by atoms with Gasteiger partial charge in [-0.15, -0.1) is 4.91 Å². The number of aromatic nitrogens is 1. The molecule has 0 radical (unpaired) electrons. The molecular formula is C35H40N6O2. The lowest BCUT2D eigenvalue weighted by Gasteiger charge is -2.32. The number of carbonyl (C=O) groups excluding carboxylic acids is 1. The van der Waals surface area contributed by atoms with Gasteiger partial charge in [0, 0.05) is 34.4 Å². The predicted octanol–water partition coefficient (Wildman–Crippen LogP) is 7.51. The summed E-state index contributed by atoms with van der Waals surface area (Å²) in [5.41, 5.74) is 9.17. The second kappa shape index (κ2) is 12.6. The topological polar surface area (TPSA) is 90.3 Å². The monoisotopic (exact) mass is 576 g/mol. The van der Waals surface area contributed by atoms with Crippen LogP contribution >= 0.6 is 0 Å². The van der Waals surface area contributed by atoms with Gasteiger partial charge in [-0.05, 0) is 112 Å². The zero-order valence-electron chi connectivity index (χ0n) is 25.1. The number of pyridine rings is 1. The van der Waals surface area contributed by atoms with E-state index >= 15 is 0 Å². The summed E-state index contributed by atoms with van der Waals surface area (Å²) in [5, 5.41) is 12.2. The van der Waals surface area contributed by atoms with E-state index in [1.54, 1.807) is 5.01 Å². The van der Waals surface area contributed by atoms with Crippen LogP contribution in [0.1, 0.15) is 79.7 Å². The van der Waals surface area contributed by atoms with E-state index in [0.29, 0.717) is 17.4 Å². The van der Waals surface area contributed by atoms with Crippen LogP contribution in [0.4, 0.5) is 11.5 Å². The van der Waals surface area contributed by atoms with E-state index in [9.17, 15) is 9.70 Å². The van der Waals surface area contributed by atoms with Gasteiger partial charge in [-0.2, -0.15) is 5.10 Å². The fourth-order valence-corrected chi connectivity index (χ4v) is 6.66. The van der Waals surface area contributed by atoms with Crippen LogP contribution in [0.5, 0.6) is 0 Å². The van der Waals surface area contributed by atoms with E-state index in [2.05, 4.69) is 70.4 Å². The average Bonchev–Trinajstić information content (AvgIpc) is 3.80. The molecule has 0 bridgehead atoms. The van der Waals surface area contributed by atoms with Crippen LogP contribution in [-0.4, -0.2) is 41.1 Å². The number of hydrogen-bond donors (Lipinski definition) is 1. The number of hydrazone groups is 1. The summed E-state index contributed by atoms with van der Waals surface area (Å²) >= 11 is 0. The van der Waals surface area contributed by atoms with Gasteiger partial charge in [-0.25, -0.2) is 9.99 Å². The molecule has 1 saturated carbocycles. The van der Waals surface area contributed by atoms with E-state index in [4.69, 9.17) is 4.98 Å². The minimum Gasteiger partial charge on any atom is -0.378 e. The van der Waals surface area contributed by atoms with E-state index in [1.807, 2.05) is 25.1 Å². The fourth-order valence-electron chi connectivity index (χ4n) is 6.66. The van der Waals surface area contributed by atoms with Crippen LogP contribution < -0.4 is 10.3 Å². The second-order valence-corrected chi connectivity index (χ2v) is 12.1. The number of allylic oxidation sites excluding steroid dienone is 1. The largest absolute Gasteiger partial charge is 0.378 e. The molecule has 2 aliphatic carbocycles. The van der Waals surface area contributed by atoms with Crippen molar-refractivity contribution < 1.29 is 4.79 Å². The SMILES string of the molecule is C=C(C)N(/N=C\CC(=O)N=O)c1cccc(-c2cccc3c2C(Nc2ccc(C4CCN(C5CC5)CC4)cc2C)CC3)n1. The molecule has 1 atom stereocenters. The number of fused-ring (bicyclic) bond motifs is 1. The summed E-state index contributed by atoms with van der Waals surface area (Å²) in [5.74, 6) is 0.469. The minimum absolute atomic E-state index is 0.174. The van der Waals surface area contributed by atoms with Gasteiger partial charge < -0.3 is 10.2 Å². The molecule has 3 aliphatic rings. The molecule has 222 valence electrons. The van der Waals surface area contributed by atoms with Crippen molar-refractivity contribution in [1.82, 2.24) is 9.88 Å². The minimum atomic E-state index is -0.774. The normalized spacial score (nSPS) is 18.9. The number of anilines is 2. The third-order valence-electron chi connectivity index (χ3n) is 9.05. The number of benzene rings is 2. The first-order chi connectivity index (χ1) is 20.9. The van der Waals surface area contributed by atoms with Crippen molar-refractivity contribution in [2.45, 2.75) is 76.8 Å². The molecule has 1 unspecified atom stereocenters. The molecule has 43 heavy (non-hydrogen) atoms. The van der Waals surface area contributed by atoms with Crippen LogP contribution in [0.3, 0.4) is 0 Å². The highest BCUT2D eigenvalue weighted by Gasteiger charge is 2.32. The first-order valence-corrected chi connectivity index (χ1v) is 15.5. The van der Waals surface area contributed by atoms with Gasteiger partial charge in [0.05, 0.1) is 18.2 Å². The van der Waals surface area contributed by atoms with Crippen LogP contribution in [0.25, 0.3) is 11.3 Å². The predicted molar refractivity (Wildman–Crippen MR) is 173 cm³/mol. The van der Waals surface area contributed by atoms with E-state index < -0.39 is 5.91 Å². The maximum Gasteiger partial charge on any atom is 0.291 e. The number of amides is 1. The van der Waals surface area contributed by atoms with Crippen molar-refractivity contribution in [3.05, 3.63) is 94.0 Å². The molecule has 1 N–H and O–H groups in total. The average molecular weight is 577 g/mol. The number of rotatable bonds is 10. The molecular weight excluding hydrogens is 536 g/mol. The Morgan fingerprint density at radius 1 is 1.09 bits per heavy atom. The van der Waals surface area contributed by atoms with E-state index in [-0.39, 0.29) is 12.5 Å². The number of nitroso groups, excluding NO2 is 1. The number of aryl methyl sites for hydroxylation is 2. The quantitative estimate of drug-likeness (QED) is 0.153. The molecule has 1 aliphatic heterocycles. The van der Waals surface area contributed by atoms with Crippen molar-refractivity contribution in [2.75, 3.05) is 23.4 Å². The maximum atomic E-state index is 11.3. The summed E-state index contributed by atoms with van der Waals surface area (Å²) in [6, 6.07) is 20.4. The van der Waals surface area contributed by atoms with Gasteiger partial charge in [0.1, 0.15) is 0 Å².